The molecule has 0 radical (unpaired) electrons. The van der Waals surface area contributed by atoms with Gasteiger partial charge in [-0.3, -0.25) is 4.79 Å². The summed E-state index contributed by atoms with van der Waals surface area (Å²) in [5.74, 6) is -1.44. The van der Waals surface area contributed by atoms with Crippen molar-refractivity contribution in [3.05, 3.63) is 46.3 Å². The number of amides is 2. The molecule has 0 saturated carbocycles. The van der Waals surface area contributed by atoms with Crippen LogP contribution in [0.4, 0.5) is 4.79 Å². The number of rotatable bonds is 7. The van der Waals surface area contributed by atoms with Gasteiger partial charge in [0.05, 0.1) is 0 Å². The molecular formula is C17H22N4O5. The van der Waals surface area contributed by atoms with Crippen molar-refractivity contribution in [1.29, 1.82) is 0 Å². The van der Waals surface area contributed by atoms with E-state index < -0.39 is 29.6 Å². The molecular weight excluding hydrogens is 340 g/mol. The molecule has 0 aliphatic heterocycles. The molecule has 0 fully saturated rings. The minimum absolute atomic E-state index is 0.0331. The van der Waals surface area contributed by atoms with Crippen molar-refractivity contribution in [2.24, 2.45) is 5.11 Å². The van der Waals surface area contributed by atoms with Crippen LogP contribution in [0.25, 0.3) is 10.4 Å². The predicted octanol–water partition coefficient (Wildman–Crippen LogP) is 3.24. The van der Waals surface area contributed by atoms with Crippen LogP contribution in [-0.4, -0.2) is 29.6 Å². The molecule has 0 bridgehead atoms. The van der Waals surface area contributed by atoms with Crippen LogP contribution in [0.5, 0.6) is 0 Å². The molecule has 1 atom stereocenters. The monoisotopic (exact) mass is 362 g/mol. The average Bonchev–Trinajstić information content (AvgIpc) is 2.56. The van der Waals surface area contributed by atoms with Gasteiger partial charge in [-0.25, -0.2) is 9.59 Å². The van der Waals surface area contributed by atoms with Crippen molar-refractivity contribution in [1.82, 2.24) is 5.32 Å². The number of nitrogens with zero attached hydrogens (tertiary/aromatic N) is 3. The summed E-state index contributed by atoms with van der Waals surface area (Å²) in [6.45, 7) is 5.08. The van der Waals surface area contributed by atoms with Crippen molar-refractivity contribution in [3.8, 4) is 0 Å². The zero-order valence-electron chi connectivity index (χ0n) is 15.0. The number of hydrogen-bond donors (Lipinski definition) is 1. The summed E-state index contributed by atoms with van der Waals surface area (Å²) in [6, 6.07) is 7.93. The molecule has 0 heterocycles. The normalized spacial score (nSPS) is 11.7. The molecule has 1 rings (SSSR count). The fourth-order valence-electron chi connectivity index (χ4n) is 1.90. The minimum Gasteiger partial charge on any atom is -0.458 e. The first-order valence-corrected chi connectivity index (χ1v) is 7.99. The molecule has 2 amide bonds. The van der Waals surface area contributed by atoms with E-state index in [-0.39, 0.29) is 19.4 Å². The number of carbonyl (C=O) groups is 3. The van der Waals surface area contributed by atoms with E-state index in [4.69, 9.17) is 15.0 Å². The van der Waals surface area contributed by atoms with Gasteiger partial charge in [0.25, 0.3) is 0 Å². The molecule has 0 aromatic heterocycles. The molecule has 140 valence electrons. The standard InChI is InChI=1S/C17H22N4O5/c1-17(2,3)26-15(23)13(9-10-14(22)20-21-18)19-16(24)25-11-12-7-5-4-6-8-12/h4-8,13H,9-11H2,1-3H3,(H,19,24)/t13-/m0/s1. The highest BCUT2D eigenvalue weighted by Crippen LogP contribution is 2.11. The van der Waals surface area contributed by atoms with Gasteiger partial charge >= 0.3 is 12.1 Å². The second kappa shape index (κ2) is 10.0. The summed E-state index contributed by atoms with van der Waals surface area (Å²) in [6.07, 6.45) is -1.11. The lowest BCUT2D eigenvalue weighted by Crippen LogP contribution is -2.44. The topological polar surface area (TPSA) is 130 Å². The van der Waals surface area contributed by atoms with Crippen molar-refractivity contribution >= 4 is 18.0 Å². The average molecular weight is 362 g/mol. The summed E-state index contributed by atoms with van der Waals surface area (Å²) in [7, 11) is 0. The Balaban J connectivity index is 2.66. The molecule has 1 aromatic rings. The first-order valence-electron chi connectivity index (χ1n) is 7.99. The molecule has 1 N–H and O–H groups in total. The van der Waals surface area contributed by atoms with E-state index in [1.807, 2.05) is 6.07 Å². The van der Waals surface area contributed by atoms with Crippen molar-refractivity contribution in [3.63, 3.8) is 0 Å². The zero-order valence-corrected chi connectivity index (χ0v) is 15.0. The summed E-state index contributed by atoms with van der Waals surface area (Å²) in [4.78, 5) is 37.9. The van der Waals surface area contributed by atoms with Gasteiger partial charge in [-0.2, -0.15) is 0 Å². The van der Waals surface area contributed by atoms with Crippen LogP contribution < -0.4 is 5.32 Å². The SMILES string of the molecule is CC(C)(C)OC(=O)[C@H](CCC(=O)N=[N+]=[N-])NC(=O)OCc1ccccc1. The van der Waals surface area contributed by atoms with Gasteiger partial charge in [0.15, 0.2) is 0 Å². The Morgan fingerprint density at radius 2 is 1.88 bits per heavy atom. The van der Waals surface area contributed by atoms with E-state index in [2.05, 4.69) is 15.3 Å². The molecule has 0 aliphatic carbocycles. The number of carbonyl (C=O) groups excluding carboxylic acids is 3. The van der Waals surface area contributed by atoms with Gasteiger partial charge in [-0.05, 0) is 43.4 Å². The number of ether oxygens (including phenoxy) is 2. The molecule has 0 unspecified atom stereocenters. The maximum absolute atomic E-state index is 12.2. The third-order valence-corrected chi connectivity index (χ3v) is 3.00. The van der Waals surface area contributed by atoms with Crippen molar-refractivity contribution in [2.75, 3.05) is 0 Å². The zero-order chi connectivity index (χ0) is 19.6. The molecule has 0 spiro atoms. The Hall–Kier alpha value is -3.06. The highest BCUT2D eigenvalue weighted by molar-refractivity contribution is 5.83. The third kappa shape index (κ3) is 8.70. The molecule has 9 nitrogen and oxygen atoms in total. The Kier molecular flexibility index (Phi) is 8.11. The number of benzene rings is 1. The summed E-state index contributed by atoms with van der Waals surface area (Å²) in [5.41, 5.74) is 8.27. The Morgan fingerprint density at radius 3 is 2.46 bits per heavy atom. The van der Waals surface area contributed by atoms with E-state index in [1.165, 1.54) is 0 Å². The fourth-order valence-corrected chi connectivity index (χ4v) is 1.90. The first-order chi connectivity index (χ1) is 12.2. The summed E-state index contributed by atoms with van der Waals surface area (Å²) >= 11 is 0. The van der Waals surface area contributed by atoms with Gasteiger partial charge < -0.3 is 14.8 Å². The van der Waals surface area contributed by atoms with E-state index in [9.17, 15) is 14.4 Å². The van der Waals surface area contributed by atoms with Crippen LogP contribution >= 0.6 is 0 Å². The maximum atomic E-state index is 12.2. The Bertz CT molecular complexity index is 678. The molecule has 0 aliphatic rings. The highest BCUT2D eigenvalue weighted by Gasteiger charge is 2.27. The lowest BCUT2D eigenvalue weighted by Gasteiger charge is -2.24. The maximum Gasteiger partial charge on any atom is 0.408 e. The fraction of sp³-hybridized carbons (Fsp3) is 0.471. The second-order valence-corrected chi connectivity index (χ2v) is 6.41. The molecule has 9 heteroatoms. The van der Waals surface area contributed by atoms with Crippen LogP contribution in [0.1, 0.15) is 39.2 Å². The number of nitrogens with one attached hydrogen (secondary N) is 1. The largest absolute Gasteiger partial charge is 0.458 e. The molecule has 1 aromatic carbocycles. The number of hydrogen-bond acceptors (Lipinski definition) is 5. The van der Waals surface area contributed by atoms with E-state index in [1.54, 1.807) is 45.0 Å². The van der Waals surface area contributed by atoms with Crippen molar-refractivity contribution in [2.45, 2.75) is 51.9 Å². The van der Waals surface area contributed by atoms with Gasteiger partial charge in [0.2, 0.25) is 5.91 Å². The van der Waals surface area contributed by atoms with Crippen LogP contribution in [0, 0.1) is 0 Å². The number of alkyl carbamates (subject to hydrolysis) is 1. The van der Waals surface area contributed by atoms with Gasteiger partial charge in [-0.15, -0.1) is 0 Å². The predicted molar refractivity (Wildman–Crippen MR) is 92.8 cm³/mol. The minimum atomic E-state index is -1.10. The number of esters is 1. The van der Waals surface area contributed by atoms with Gasteiger partial charge in [0, 0.05) is 11.3 Å². The first kappa shape index (κ1) is 21.0. The van der Waals surface area contributed by atoms with Crippen molar-refractivity contribution < 1.29 is 23.9 Å². The lowest BCUT2D eigenvalue weighted by molar-refractivity contribution is -0.157. The van der Waals surface area contributed by atoms with Crippen LogP contribution in [0.2, 0.25) is 0 Å². The van der Waals surface area contributed by atoms with E-state index in [0.717, 1.165) is 5.56 Å². The number of azide groups is 1. The van der Waals surface area contributed by atoms with Crippen LogP contribution in [-0.2, 0) is 25.7 Å². The molecule has 0 saturated heterocycles. The second-order valence-electron chi connectivity index (χ2n) is 6.41. The Morgan fingerprint density at radius 1 is 1.23 bits per heavy atom. The quantitative estimate of drug-likeness (QED) is 0.344. The molecule has 26 heavy (non-hydrogen) atoms. The third-order valence-electron chi connectivity index (χ3n) is 3.00. The summed E-state index contributed by atoms with van der Waals surface area (Å²) < 4.78 is 10.3. The van der Waals surface area contributed by atoms with Crippen LogP contribution in [0.3, 0.4) is 0 Å². The lowest BCUT2D eigenvalue weighted by atomic mass is 10.1. The Labute approximate surface area is 151 Å². The van der Waals surface area contributed by atoms with E-state index in [0.29, 0.717) is 0 Å². The van der Waals surface area contributed by atoms with Gasteiger partial charge in [0.1, 0.15) is 18.2 Å². The van der Waals surface area contributed by atoms with E-state index >= 15 is 0 Å². The summed E-state index contributed by atoms with van der Waals surface area (Å²) in [5, 5.41) is 5.32. The smallest absolute Gasteiger partial charge is 0.408 e. The van der Waals surface area contributed by atoms with Gasteiger partial charge in [-0.1, -0.05) is 30.3 Å². The highest BCUT2D eigenvalue weighted by atomic mass is 16.6. The van der Waals surface area contributed by atoms with Crippen LogP contribution in [0.15, 0.2) is 35.4 Å².